The maximum absolute atomic E-state index is 12.6. The van der Waals surface area contributed by atoms with Crippen molar-refractivity contribution >= 4 is 26.8 Å². The van der Waals surface area contributed by atoms with Gasteiger partial charge in [-0.1, -0.05) is 6.92 Å². The first-order chi connectivity index (χ1) is 10.1. The van der Waals surface area contributed by atoms with Gasteiger partial charge >= 0.3 is 12.1 Å². The summed E-state index contributed by atoms with van der Waals surface area (Å²) in [5.74, 6) is -1.92. The van der Waals surface area contributed by atoms with Gasteiger partial charge in [0.25, 0.3) is 0 Å². The van der Waals surface area contributed by atoms with Gasteiger partial charge in [-0.15, -0.1) is 0 Å². The van der Waals surface area contributed by atoms with Crippen molar-refractivity contribution in [2.75, 3.05) is 5.75 Å². The molecule has 0 amide bonds. The Balaban J connectivity index is 2.83. The van der Waals surface area contributed by atoms with Crippen LogP contribution in [0.25, 0.3) is 11.0 Å². The van der Waals surface area contributed by atoms with E-state index in [1.807, 2.05) is 0 Å². The largest absolute Gasteiger partial charge is 0.478 e. The molecule has 0 fully saturated rings. The van der Waals surface area contributed by atoms with Gasteiger partial charge in [-0.05, 0) is 12.1 Å². The Kier molecular flexibility index (Phi) is 3.81. The van der Waals surface area contributed by atoms with Gasteiger partial charge in [-0.25, -0.2) is 18.2 Å². The first-order valence-electron chi connectivity index (χ1n) is 5.90. The number of alkyl halides is 3. The number of fused-ring (bicyclic) bond motifs is 1. The fourth-order valence-corrected chi connectivity index (χ4v) is 2.84. The number of aromatic nitrogens is 2. The summed E-state index contributed by atoms with van der Waals surface area (Å²) in [6.45, 7) is 1.29. The van der Waals surface area contributed by atoms with Crippen molar-refractivity contribution < 1.29 is 31.5 Å². The normalized spacial score (nSPS) is 12.5. The molecule has 1 N–H and O–H groups in total. The van der Waals surface area contributed by atoms with E-state index in [-0.39, 0.29) is 11.0 Å². The third-order valence-electron chi connectivity index (χ3n) is 2.88. The summed E-state index contributed by atoms with van der Waals surface area (Å²) in [7, 11) is -3.94. The number of carboxylic acids is 1. The summed E-state index contributed by atoms with van der Waals surface area (Å²) in [6, 6.07) is 1.70. The Morgan fingerprint density at radius 1 is 1.27 bits per heavy atom. The SMILES string of the molecule is CCS(=O)(=O)c1cc2nc(C(F)(F)F)cnc2cc1C(=O)O. The van der Waals surface area contributed by atoms with Gasteiger partial charge in [0.1, 0.15) is 0 Å². The lowest BCUT2D eigenvalue weighted by atomic mass is 10.2. The number of rotatable bonds is 3. The van der Waals surface area contributed by atoms with Crippen LogP contribution in [0.1, 0.15) is 23.0 Å². The molecule has 22 heavy (non-hydrogen) atoms. The molecule has 6 nitrogen and oxygen atoms in total. The molecule has 1 aromatic carbocycles. The lowest BCUT2D eigenvalue weighted by Crippen LogP contribution is -2.13. The number of halogens is 3. The molecule has 2 rings (SSSR count). The number of carbonyl (C=O) groups is 1. The molecule has 118 valence electrons. The number of aromatic carboxylic acids is 1. The second-order valence-corrected chi connectivity index (χ2v) is 6.55. The Bertz CT molecular complexity index is 863. The summed E-state index contributed by atoms with van der Waals surface area (Å²) in [4.78, 5) is 17.4. The van der Waals surface area contributed by atoms with Gasteiger partial charge < -0.3 is 5.11 Å². The monoisotopic (exact) mass is 334 g/mol. The topological polar surface area (TPSA) is 97.2 Å². The van der Waals surface area contributed by atoms with Crippen molar-refractivity contribution in [3.63, 3.8) is 0 Å². The first-order valence-corrected chi connectivity index (χ1v) is 7.55. The predicted octanol–water partition coefficient (Wildman–Crippen LogP) is 2.14. The first kappa shape index (κ1) is 16.1. The van der Waals surface area contributed by atoms with Crippen molar-refractivity contribution in [3.05, 3.63) is 29.6 Å². The number of sulfone groups is 1. The lowest BCUT2D eigenvalue weighted by molar-refractivity contribution is -0.141. The van der Waals surface area contributed by atoms with Crippen molar-refractivity contribution in [1.82, 2.24) is 9.97 Å². The van der Waals surface area contributed by atoms with Crippen molar-refractivity contribution in [3.8, 4) is 0 Å². The fraction of sp³-hybridized carbons (Fsp3) is 0.250. The van der Waals surface area contributed by atoms with Crippen molar-refractivity contribution in [2.24, 2.45) is 0 Å². The van der Waals surface area contributed by atoms with Gasteiger partial charge in [-0.2, -0.15) is 13.2 Å². The van der Waals surface area contributed by atoms with E-state index in [1.165, 1.54) is 6.92 Å². The summed E-state index contributed by atoms with van der Waals surface area (Å²) >= 11 is 0. The minimum atomic E-state index is -4.74. The maximum atomic E-state index is 12.6. The summed E-state index contributed by atoms with van der Waals surface area (Å²) in [5, 5.41) is 9.08. The zero-order valence-corrected chi connectivity index (χ0v) is 11.9. The van der Waals surface area contributed by atoms with E-state index in [2.05, 4.69) is 9.97 Å². The van der Waals surface area contributed by atoms with Crippen LogP contribution in [0.5, 0.6) is 0 Å². The molecule has 2 aromatic rings. The standard InChI is InChI=1S/C12H9F3N2O4S/c1-2-22(20,21)9-4-8-7(3-6(9)11(18)19)16-5-10(17-8)12(13,14)15/h3-5H,2H2,1H3,(H,18,19). The number of hydrogen-bond acceptors (Lipinski definition) is 5. The zero-order chi connectivity index (χ0) is 16.7. The van der Waals surface area contributed by atoms with Crippen LogP contribution in [0, 0.1) is 0 Å². The molecule has 0 saturated heterocycles. The third kappa shape index (κ3) is 2.86. The van der Waals surface area contributed by atoms with Crippen LogP contribution >= 0.6 is 0 Å². The van der Waals surface area contributed by atoms with E-state index in [1.54, 1.807) is 0 Å². The summed E-state index contributed by atoms with van der Waals surface area (Å²) in [5.41, 5.74) is -2.32. The smallest absolute Gasteiger partial charge is 0.434 e. The highest BCUT2D eigenvalue weighted by atomic mass is 32.2. The predicted molar refractivity (Wildman–Crippen MR) is 69.2 cm³/mol. The van der Waals surface area contributed by atoms with Crippen LogP contribution in [0.2, 0.25) is 0 Å². The molecule has 0 aliphatic carbocycles. The number of hydrogen-bond donors (Lipinski definition) is 1. The van der Waals surface area contributed by atoms with E-state index >= 15 is 0 Å². The lowest BCUT2D eigenvalue weighted by Gasteiger charge is -2.09. The fourth-order valence-electron chi connectivity index (χ4n) is 1.76. The second-order valence-electron chi connectivity index (χ2n) is 4.30. The molecule has 0 saturated carbocycles. The average Bonchev–Trinajstić information content (AvgIpc) is 2.44. The Hall–Kier alpha value is -2.23. The molecule has 0 unspecified atom stereocenters. The molecular formula is C12H9F3N2O4S. The van der Waals surface area contributed by atoms with Crippen LogP contribution in [-0.4, -0.2) is 35.2 Å². The maximum Gasteiger partial charge on any atom is 0.434 e. The van der Waals surface area contributed by atoms with E-state index < -0.39 is 43.9 Å². The molecule has 10 heteroatoms. The minimum absolute atomic E-state index is 0.138. The number of carboxylic acid groups (broad SMARTS) is 1. The van der Waals surface area contributed by atoms with Crippen molar-refractivity contribution in [1.29, 1.82) is 0 Å². The Morgan fingerprint density at radius 2 is 1.91 bits per heavy atom. The Labute approximate surface area is 122 Å². The minimum Gasteiger partial charge on any atom is -0.478 e. The quantitative estimate of drug-likeness (QED) is 0.923. The molecule has 1 heterocycles. The van der Waals surface area contributed by atoms with Crippen LogP contribution in [0.15, 0.2) is 23.2 Å². The third-order valence-corrected chi connectivity index (χ3v) is 4.65. The Morgan fingerprint density at radius 3 is 2.41 bits per heavy atom. The van der Waals surface area contributed by atoms with Gasteiger partial charge in [0.05, 0.1) is 33.4 Å². The van der Waals surface area contributed by atoms with Crippen molar-refractivity contribution in [2.45, 2.75) is 18.0 Å². The molecule has 0 spiro atoms. The molecule has 0 bridgehead atoms. The molecule has 0 radical (unpaired) electrons. The van der Waals surface area contributed by atoms with Gasteiger partial charge in [0, 0.05) is 0 Å². The molecule has 0 aliphatic heterocycles. The molecule has 0 aliphatic rings. The molecular weight excluding hydrogens is 325 g/mol. The summed E-state index contributed by atoms with van der Waals surface area (Å²) < 4.78 is 61.7. The zero-order valence-electron chi connectivity index (χ0n) is 11.0. The van der Waals surface area contributed by atoms with Crippen LogP contribution in [0.3, 0.4) is 0 Å². The molecule has 1 aromatic heterocycles. The highest BCUT2D eigenvalue weighted by Gasteiger charge is 2.33. The van der Waals surface area contributed by atoms with Crippen LogP contribution in [0.4, 0.5) is 13.2 Å². The van der Waals surface area contributed by atoms with E-state index in [9.17, 15) is 26.4 Å². The summed E-state index contributed by atoms with van der Waals surface area (Å²) in [6.07, 6.45) is -4.28. The highest BCUT2D eigenvalue weighted by Crippen LogP contribution is 2.29. The molecule has 0 atom stereocenters. The highest BCUT2D eigenvalue weighted by molar-refractivity contribution is 7.91. The van der Waals surface area contributed by atoms with E-state index in [0.717, 1.165) is 12.1 Å². The average molecular weight is 334 g/mol. The number of nitrogens with zero attached hydrogens (tertiary/aromatic N) is 2. The van der Waals surface area contributed by atoms with Crippen LogP contribution < -0.4 is 0 Å². The second kappa shape index (κ2) is 5.20. The van der Waals surface area contributed by atoms with E-state index in [4.69, 9.17) is 5.11 Å². The van der Waals surface area contributed by atoms with Crippen LogP contribution in [-0.2, 0) is 16.0 Å². The van der Waals surface area contributed by atoms with Gasteiger partial charge in [0.2, 0.25) is 0 Å². The van der Waals surface area contributed by atoms with Gasteiger partial charge in [-0.3, -0.25) is 4.98 Å². The van der Waals surface area contributed by atoms with Gasteiger partial charge in [0.15, 0.2) is 15.5 Å². The van der Waals surface area contributed by atoms with E-state index in [0.29, 0.717) is 6.20 Å². The number of benzene rings is 1.